The van der Waals surface area contributed by atoms with E-state index in [1.54, 1.807) is 0 Å². The maximum atomic E-state index is 4.56. The Balaban J connectivity index is 2.09. The Kier molecular flexibility index (Phi) is 2.22. The second-order valence-corrected chi connectivity index (χ2v) is 3.91. The van der Waals surface area contributed by atoms with Crippen molar-refractivity contribution in [3.63, 3.8) is 0 Å². The lowest BCUT2D eigenvalue weighted by atomic mass is 9.92. The van der Waals surface area contributed by atoms with Gasteiger partial charge in [-0.05, 0) is 22.8 Å². The Morgan fingerprint density at radius 3 is 2.44 bits per heavy atom. The van der Waals surface area contributed by atoms with Crippen LogP contribution in [0.4, 0.5) is 0 Å². The molecule has 0 saturated carbocycles. The van der Waals surface area contributed by atoms with Gasteiger partial charge in [-0.2, -0.15) is 0 Å². The highest BCUT2D eigenvalue weighted by atomic mass is 14.9. The van der Waals surface area contributed by atoms with Crippen LogP contribution in [0.25, 0.3) is 6.08 Å². The Labute approximate surface area is 95.4 Å². The molecule has 0 fully saturated rings. The van der Waals surface area contributed by atoms with Gasteiger partial charge in [0.1, 0.15) is 6.04 Å². The van der Waals surface area contributed by atoms with Crippen molar-refractivity contribution in [2.75, 3.05) is 0 Å². The van der Waals surface area contributed by atoms with Crippen LogP contribution in [0.3, 0.4) is 0 Å². The van der Waals surface area contributed by atoms with E-state index in [2.05, 4.69) is 59.9 Å². The molecule has 1 heterocycles. The predicted octanol–water partition coefficient (Wildman–Crippen LogP) is 3.36. The molecule has 0 saturated heterocycles. The first-order valence-corrected chi connectivity index (χ1v) is 5.45. The molecule has 0 aromatic heterocycles. The van der Waals surface area contributed by atoms with Gasteiger partial charge in [-0.15, -0.1) is 0 Å². The first kappa shape index (κ1) is 9.22. The van der Waals surface area contributed by atoms with Crippen molar-refractivity contribution in [2.24, 2.45) is 0 Å². The van der Waals surface area contributed by atoms with Gasteiger partial charge in [0.05, 0.1) is 0 Å². The van der Waals surface area contributed by atoms with E-state index >= 15 is 0 Å². The lowest BCUT2D eigenvalue weighted by Gasteiger charge is -2.21. The molecule has 16 heavy (non-hydrogen) atoms. The van der Waals surface area contributed by atoms with Crippen LogP contribution in [0.1, 0.15) is 22.7 Å². The summed E-state index contributed by atoms with van der Waals surface area (Å²) in [7, 11) is 0. The number of hydrogen-bond donors (Lipinski definition) is 0. The summed E-state index contributed by atoms with van der Waals surface area (Å²) < 4.78 is 0. The molecule has 1 unspecified atom stereocenters. The van der Waals surface area contributed by atoms with Crippen molar-refractivity contribution >= 4 is 6.08 Å². The highest BCUT2D eigenvalue weighted by Crippen LogP contribution is 2.29. The zero-order chi connectivity index (χ0) is 10.8. The molecule has 0 aliphatic carbocycles. The molecule has 1 aliphatic rings. The molecule has 1 radical (unpaired) electrons. The molecule has 77 valence electrons. The van der Waals surface area contributed by atoms with Gasteiger partial charge in [0.15, 0.2) is 0 Å². The van der Waals surface area contributed by atoms with Crippen molar-refractivity contribution in [3.05, 3.63) is 77.5 Å². The zero-order valence-electron chi connectivity index (χ0n) is 8.88. The van der Waals surface area contributed by atoms with Crippen LogP contribution < -0.4 is 5.32 Å². The number of rotatable bonds is 1. The second-order valence-electron chi connectivity index (χ2n) is 3.91. The van der Waals surface area contributed by atoms with Gasteiger partial charge < -0.3 is 0 Å². The van der Waals surface area contributed by atoms with Gasteiger partial charge in [0.2, 0.25) is 0 Å². The fourth-order valence-electron chi connectivity index (χ4n) is 2.10. The maximum Gasteiger partial charge on any atom is 0.100 e. The monoisotopic (exact) mass is 206 g/mol. The van der Waals surface area contributed by atoms with Crippen LogP contribution in [0.5, 0.6) is 0 Å². The summed E-state index contributed by atoms with van der Waals surface area (Å²) in [5, 5.41) is 4.56. The summed E-state index contributed by atoms with van der Waals surface area (Å²) in [6, 6.07) is 19.0. The van der Waals surface area contributed by atoms with Crippen LogP contribution in [0, 0.1) is 0 Å². The van der Waals surface area contributed by atoms with Crippen molar-refractivity contribution in [2.45, 2.75) is 6.04 Å². The van der Waals surface area contributed by atoms with E-state index in [9.17, 15) is 0 Å². The molecule has 1 aliphatic heterocycles. The smallest absolute Gasteiger partial charge is 0.100 e. The molecule has 1 nitrogen and oxygen atoms in total. The van der Waals surface area contributed by atoms with E-state index in [4.69, 9.17) is 0 Å². The van der Waals surface area contributed by atoms with E-state index in [0.717, 1.165) is 0 Å². The molecule has 0 bridgehead atoms. The van der Waals surface area contributed by atoms with Crippen LogP contribution >= 0.6 is 0 Å². The van der Waals surface area contributed by atoms with E-state index in [0.29, 0.717) is 0 Å². The van der Waals surface area contributed by atoms with E-state index < -0.39 is 0 Å². The lowest BCUT2D eigenvalue weighted by Crippen LogP contribution is -2.14. The van der Waals surface area contributed by atoms with Gasteiger partial charge in [-0.3, -0.25) is 5.32 Å². The highest BCUT2D eigenvalue weighted by molar-refractivity contribution is 5.58. The van der Waals surface area contributed by atoms with Crippen LogP contribution in [-0.4, -0.2) is 0 Å². The number of hydrogen-bond acceptors (Lipinski definition) is 0. The summed E-state index contributed by atoms with van der Waals surface area (Å²) in [6.45, 7) is 0. The standard InChI is InChI=1S/C15H12N/c1-2-7-13(8-3-1)15-14-9-5-4-6-12(14)10-11-16-15/h1-11,15H. The minimum absolute atomic E-state index is 0.155. The molecule has 3 rings (SSSR count). The molecule has 1 heteroatoms. The summed E-state index contributed by atoms with van der Waals surface area (Å²) in [4.78, 5) is 0. The normalized spacial score (nSPS) is 17.6. The van der Waals surface area contributed by atoms with Crippen molar-refractivity contribution < 1.29 is 0 Å². The average molecular weight is 206 g/mol. The third-order valence-electron chi connectivity index (χ3n) is 2.90. The van der Waals surface area contributed by atoms with Gasteiger partial charge in [-0.25, -0.2) is 0 Å². The largest absolute Gasteiger partial charge is 0.280 e. The molecular weight excluding hydrogens is 194 g/mol. The number of nitrogens with zero attached hydrogens (tertiary/aromatic N) is 1. The summed E-state index contributed by atoms with van der Waals surface area (Å²) >= 11 is 0. The number of fused-ring (bicyclic) bond motifs is 1. The molecule has 2 aromatic carbocycles. The molecule has 0 amide bonds. The minimum atomic E-state index is 0.155. The van der Waals surface area contributed by atoms with E-state index in [-0.39, 0.29) is 6.04 Å². The maximum absolute atomic E-state index is 4.56. The minimum Gasteiger partial charge on any atom is -0.280 e. The Hall–Kier alpha value is -2.02. The topological polar surface area (TPSA) is 14.1 Å². The fourth-order valence-corrected chi connectivity index (χ4v) is 2.10. The van der Waals surface area contributed by atoms with Gasteiger partial charge in [0.25, 0.3) is 0 Å². The third-order valence-corrected chi connectivity index (χ3v) is 2.90. The molecule has 0 N–H and O–H groups in total. The van der Waals surface area contributed by atoms with E-state index in [1.807, 2.05) is 12.3 Å². The molecule has 1 atom stereocenters. The van der Waals surface area contributed by atoms with E-state index in [1.165, 1.54) is 16.7 Å². The van der Waals surface area contributed by atoms with Crippen molar-refractivity contribution in [1.82, 2.24) is 5.32 Å². The van der Waals surface area contributed by atoms with Crippen molar-refractivity contribution in [1.29, 1.82) is 0 Å². The zero-order valence-corrected chi connectivity index (χ0v) is 8.88. The molecular formula is C15H12N. The average Bonchev–Trinajstić information content (AvgIpc) is 2.39. The van der Waals surface area contributed by atoms with Gasteiger partial charge in [0, 0.05) is 6.20 Å². The van der Waals surface area contributed by atoms with Crippen LogP contribution in [-0.2, 0) is 0 Å². The predicted molar refractivity (Wildman–Crippen MR) is 65.9 cm³/mol. The molecule has 2 aromatic rings. The lowest BCUT2D eigenvalue weighted by molar-refractivity contribution is 0.707. The Morgan fingerprint density at radius 2 is 1.56 bits per heavy atom. The summed E-state index contributed by atoms with van der Waals surface area (Å²) in [5.74, 6) is 0. The van der Waals surface area contributed by atoms with Gasteiger partial charge >= 0.3 is 0 Å². The highest BCUT2D eigenvalue weighted by Gasteiger charge is 2.18. The Bertz CT molecular complexity index is 514. The Morgan fingerprint density at radius 1 is 0.812 bits per heavy atom. The number of benzene rings is 2. The first-order valence-electron chi connectivity index (χ1n) is 5.45. The van der Waals surface area contributed by atoms with Crippen molar-refractivity contribution in [3.8, 4) is 0 Å². The van der Waals surface area contributed by atoms with Gasteiger partial charge in [-0.1, -0.05) is 54.6 Å². The second kappa shape index (κ2) is 3.86. The third kappa shape index (κ3) is 1.50. The van der Waals surface area contributed by atoms with Crippen LogP contribution in [0.2, 0.25) is 0 Å². The quantitative estimate of drug-likeness (QED) is 0.679. The van der Waals surface area contributed by atoms with Crippen LogP contribution in [0.15, 0.2) is 60.8 Å². The first-order chi connectivity index (χ1) is 7.95. The molecule has 0 spiro atoms. The fraction of sp³-hybridized carbons (Fsp3) is 0.0667. The summed E-state index contributed by atoms with van der Waals surface area (Å²) in [5.41, 5.74) is 3.81. The summed E-state index contributed by atoms with van der Waals surface area (Å²) in [6.07, 6.45) is 3.97. The SMILES string of the molecule is C1=Cc2ccccc2C(c2ccccc2)[N]1.